The van der Waals surface area contributed by atoms with Gasteiger partial charge in [-0.05, 0) is 86.5 Å². The van der Waals surface area contributed by atoms with Crippen LogP contribution in [0.5, 0.6) is 0 Å². The Labute approximate surface area is 353 Å². The number of para-hydroxylation sites is 1. The maximum atomic E-state index is 4.79. The molecule has 11 rings (SSSR count). The second kappa shape index (κ2) is 15.3. The minimum Gasteiger partial charge on any atom is -0.275 e. The molecule has 9 aromatic carbocycles. The van der Waals surface area contributed by atoms with Crippen LogP contribution in [0.3, 0.4) is 0 Å². The van der Waals surface area contributed by atoms with Crippen LogP contribution in [-0.2, 0) is 0 Å². The third-order valence-corrected chi connectivity index (χ3v) is 12.6. The maximum absolute atomic E-state index is 4.79. The monoisotopic (exact) mass is 783 g/mol. The van der Waals surface area contributed by atoms with Crippen LogP contribution in [0.15, 0.2) is 224 Å². The Hall–Kier alpha value is -7.66. The summed E-state index contributed by atoms with van der Waals surface area (Å²) < 4.78 is 4.69. The van der Waals surface area contributed by atoms with Gasteiger partial charge < -0.3 is 0 Å². The first kappa shape index (κ1) is 35.5. The van der Waals surface area contributed by atoms with Crippen molar-refractivity contribution in [3.05, 3.63) is 224 Å². The average Bonchev–Trinajstić information content (AvgIpc) is 3.95. The standard InChI is InChI=1S/C56H37N3S/c1-5-17-38(18-6-1)46-25-13-15-27-48(46)43-33-34-53-51(35-43)52-37-44(49-28-16-14-26-47(49)39-19-7-2-8-20-39)36-50(54(52)60-53)40-29-31-42(32-30-40)56-58-57-55(41-21-9-3-10-22-41)59(56)45-23-11-4-12-24-45/h1-37H. The van der Waals surface area contributed by atoms with E-state index in [2.05, 4.69) is 205 Å². The van der Waals surface area contributed by atoms with E-state index in [1.54, 1.807) is 0 Å². The summed E-state index contributed by atoms with van der Waals surface area (Å²) in [7, 11) is 0. The Morgan fingerprint density at radius 3 is 1.27 bits per heavy atom. The number of aromatic nitrogens is 3. The number of fused-ring (bicyclic) bond motifs is 3. The van der Waals surface area contributed by atoms with Crippen molar-refractivity contribution in [1.29, 1.82) is 0 Å². The topological polar surface area (TPSA) is 30.7 Å². The third-order valence-electron chi connectivity index (χ3n) is 11.4. The Balaban J connectivity index is 1.09. The zero-order valence-corrected chi connectivity index (χ0v) is 33.4. The fourth-order valence-corrected chi connectivity index (χ4v) is 9.69. The van der Waals surface area contributed by atoms with Gasteiger partial charge in [0.25, 0.3) is 0 Å². The summed E-state index contributed by atoms with van der Waals surface area (Å²) in [5.74, 6) is 1.61. The van der Waals surface area contributed by atoms with Crippen LogP contribution in [0.2, 0.25) is 0 Å². The molecule has 0 atom stereocenters. The summed E-state index contributed by atoms with van der Waals surface area (Å²) in [6.07, 6.45) is 0. The summed E-state index contributed by atoms with van der Waals surface area (Å²) in [5, 5.41) is 12.0. The molecule has 0 N–H and O–H groups in total. The molecule has 0 bridgehead atoms. The van der Waals surface area contributed by atoms with Crippen molar-refractivity contribution in [2.75, 3.05) is 0 Å². The van der Waals surface area contributed by atoms with Gasteiger partial charge in [-0.1, -0.05) is 188 Å². The highest BCUT2D eigenvalue weighted by atomic mass is 32.1. The van der Waals surface area contributed by atoms with Gasteiger partial charge in [-0.25, -0.2) is 0 Å². The van der Waals surface area contributed by atoms with Crippen molar-refractivity contribution in [3.63, 3.8) is 0 Å². The Morgan fingerprint density at radius 1 is 0.300 bits per heavy atom. The SMILES string of the molecule is c1ccc(-c2ccccc2-c2ccc3sc4c(-c5ccc(-c6nnc(-c7ccccc7)n6-c6ccccc6)cc5)cc(-c5ccccc5-c5ccccc5)cc4c3c2)cc1. The van der Waals surface area contributed by atoms with E-state index in [0.717, 1.165) is 34.0 Å². The third kappa shape index (κ3) is 6.40. The molecule has 0 unspecified atom stereocenters. The maximum Gasteiger partial charge on any atom is 0.168 e. The quantitative estimate of drug-likeness (QED) is 0.154. The van der Waals surface area contributed by atoms with Crippen LogP contribution in [0.4, 0.5) is 0 Å². The van der Waals surface area contributed by atoms with Crippen LogP contribution < -0.4 is 0 Å². The van der Waals surface area contributed by atoms with Crippen LogP contribution in [0.1, 0.15) is 0 Å². The number of rotatable bonds is 8. The van der Waals surface area contributed by atoms with E-state index in [4.69, 9.17) is 10.2 Å². The number of hydrogen-bond donors (Lipinski definition) is 0. The smallest absolute Gasteiger partial charge is 0.168 e. The number of thiophene rings is 1. The molecule has 2 aromatic heterocycles. The number of nitrogens with zero attached hydrogens (tertiary/aromatic N) is 3. The zero-order valence-electron chi connectivity index (χ0n) is 32.6. The lowest BCUT2D eigenvalue weighted by atomic mass is 9.90. The van der Waals surface area contributed by atoms with E-state index in [-0.39, 0.29) is 0 Å². The van der Waals surface area contributed by atoms with Gasteiger partial charge in [0.2, 0.25) is 0 Å². The zero-order chi connectivity index (χ0) is 39.8. The van der Waals surface area contributed by atoms with Gasteiger partial charge in [-0.15, -0.1) is 21.5 Å². The first-order valence-corrected chi connectivity index (χ1v) is 21.1. The largest absolute Gasteiger partial charge is 0.275 e. The Kier molecular flexibility index (Phi) is 9.03. The van der Waals surface area contributed by atoms with Crippen molar-refractivity contribution >= 4 is 31.5 Å². The first-order valence-electron chi connectivity index (χ1n) is 20.2. The molecule has 2 heterocycles. The van der Waals surface area contributed by atoms with Crippen molar-refractivity contribution in [2.24, 2.45) is 0 Å². The van der Waals surface area contributed by atoms with Gasteiger partial charge in [-0.3, -0.25) is 4.57 Å². The predicted octanol–water partition coefficient (Wildman–Crippen LogP) is 15.3. The number of hydrogen-bond acceptors (Lipinski definition) is 3. The normalized spacial score (nSPS) is 11.3. The highest BCUT2D eigenvalue weighted by Crippen LogP contribution is 2.46. The minimum absolute atomic E-state index is 0.799. The molecular weight excluding hydrogens is 747 g/mol. The van der Waals surface area contributed by atoms with E-state index < -0.39 is 0 Å². The van der Waals surface area contributed by atoms with Gasteiger partial charge in [0.15, 0.2) is 11.6 Å². The molecule has 0 aliphatic rings. The molecule has 0 fully saturated rings. The molecule has 3 nitrogen and oxygen atoms in total. The van der Waals surface area contributed by atoms with Crippen LogP contribution in [-0.4, -0.2) is 14.8 Å². The second-order valence-electron chi connectivity index (χ2n) is 15.0. The summed E-state index contributed by atoms with van der Waals surface area (Å²) in [4.78, 5) is 0. The first-order chi connectivity index (χ1) is 29.8. The number of benzene rings is 9. The van der Waals surface area contributed by atoms with Gasteiger partial charge >= 0.3 is 0 Å². The minimum atomic E-state index is 0.799. The molecule has 4 heteroatoms. The Morgan fingerprint density at radius 2 is 0.700 bits per heavy atom. The molecule has 0 spiro atoms. The summed E-state index contributed by atoms with van der Waals surface area (Å²) in [5.41, 5.74) is 15.1. The van der Waals surface area contributed by atoms with Gasteiger partial charge in [0, 0.05) is 42.6 Å². The van der Waals surface area contributed by atoms with E-state index in [1.165, 1.54) is 70.2 Å². The molecule has 0 amide bonds. The van der Waals surface area contributed by atoms with Crippen LogP contribution >= 0.6 is 11.3 Å². The molecule has 0 aliphatic carbocycles. The summed E-state index contributed by atoms with van der Waals surface area (Å²) >= 11 is 1.87. The fraction of sp³-hybridized carbons (Fsp3) is 0. The second-order valence-corrected chi connectivity index (χ2v) is 16.1. The van der Waals surface area contributed by atoms with E-state index in [1.807, 2.05) is 35.6 Å². The van der Waals surface area contributed by atoms with Gasteiger partial charge in [-0.2, -0.15) is 0 Å². The molecule has 0 radical (unpaired) electrons. The lowest BCUT2D eigenvalue weighted by molar-refractivity contribution is 1.07. The molecule has 0 aliphatic heterocycles. The van der Waals surface area contributed by atoms with Crippen molar-refractivity contribution in [2.45, 2.75) is 0 Å². The highest BCUT2D eigenvalue weighted by Gasteiger charge is 2.20. The highest BCUT2D eigenvalue weighted by molar-refractivity contribution is 7.26. The fourth-order valence-electron chi connectivity index (χ4n) is 8.49. The molecule has 0 saturated heterocycles. The van der Waals surface area contributed by atoms with Crippen molar-refractivity contribution < 1.29 is 0 Å². The van der Waals surface area contributed by atoms with Crippen LogP contribution in [0, 0.1) is 0 Å². The van der Waals surface area contributed by atoms with Crippen LogP contribution in [0.25, 0.3) is 104 Å². The van der Waals surface area contributed by atoms with E-state index in [9.17, 15) is 0 Å². The predicted molar refractivity (Wildman–Crippen MR) is 252 cm³/mol. The lowest BCUT2D eigenvalue weighted by Crippen LogP contribution is -2.00. The molecule has 11 aromatic rings. The molecule has 0 saturated carbocycles. The van der Waals surface area contributed by atoms with E-state index in [0.29, 0.717) is 0 Å². The average molecular weight is 784 g/mol. The lowest BCUT2D eigenvalue weighted by Gasteiger charge is -2.14. The molecule has 60 heavy (non-hydrogen) atoms. The Bertz CT molecular complexity index is 3280. The summed E-state index contributed by atoms with van der Waals surface area (Å²) in [6, 6.07) is 80.2. The van der Waals surface area contributed by atoms with Crippen molar-refractivity contribution in [3.8, 4) is 84.1 Å². The van der Waals surface area contributed by atoms with Gasteiger partial charge in [0.1, 0.15) is 0 Å². The summed E-state index contributed by atoms with van der Waals surface area (Å²) in [6.45, 7) is 0. The van der Waals surface area contributed by atoms with E-state index >= 15 is 0 Å². The molecular formula is C56H37N3S. The molecule has 282 valence electrons. The van der Waals surface area contributed by atoms with Crippen molar-refractivity contribution in [1.82, 2.24) is 14.8 Å². The van der Waals surface area contributed by atoms with Gasteiger partial charge in [0.05, 0.1) is 0 Å².